The Morgan fingerprint density at radius 2 is 2.00 bits per heavy atom. The number of methoxy groups -OCH3 is 1. The Bertz CT molecular complexity index is 837. The lowest BCUT2D eigenvalue weighted by Crippen LogP contribution is -2.49. The summed E-state index contributed by atoms with van der Waals surface area (Å²) in [7, 11) is 1.23. The van der Waals surface area contributed by atoms with E-state index in [1.807, 2.05) is 6.92 Å². The van der Waals surface area contributed by atoms with Crippen molar-refractivity contribution in [1.29, 1.82) is 5.41 Å². The van der Waals surface area contributed by atoms with Gasteiger partial charge >= 0.3 is 5.97 Å². The molecule has 1 aliphatic rings. The van der Waals surface area contributed by atoms with Crippen molar-refractivity contribution in [1.82, 2.24) is 10.6 Å². The van der Waals surface area contributed by atoms with E-state index in [9.17, 15) is 14.4 Å². The van der Waals surface area contributed by atoms with Gasteiger partial charge in [-0.1, -0.05) is 42.8 Å². The molecule has 1 aromatic rings. The molecule has 0 fully saturated rings. The maximum atomic E-state index is 12.3. The molecule has 0 saturated carbocycles. The van der Waals surface area contributed by atoms with Crippen LogP contribution in [0.3, 0.4) is 0 Å². The summed E-state index contributed by atoms with van der Waals surface area (Å²) < 4.78 is 4.70. The van der Waals surface area contributed by atoms with Gasteiger partial charge in [0.2, 0.25) is 11.8 Å². The zero-order valence-electron chi connectivity index (χ0n) is 17.8. The van der Waals surface area contributed by atoms with Gasteiger partial charge in [-0.25, -0.2) is 4.79 Å². The first kappa shape index (κ1) is 23.8. The lowest BCUT2D eigenvalue weighted by molar-refractivity contribution is -0.145. The molecule has 31 heavy (non-hydrogen) atoms. The van der Waals surface area contributed by atoms with Crippen molar-refractivity contribution < 1.29 is 24.0 Å². The van der Waals surface area contributed by atoms with Crippen LogP contribution in [0.25, 0.3) is 0 Å². The molecule has 2 amide bonds. The van der Waals surface area contributed by atoms with E-state index < -0.39 is 18.1 Å². The van der Waals surface area contributed by atoms with Crippen molar-refractivity contribution in [2.45, 2.75) is 51.2 Å². The Hall–Kier alpha value is -3.43. The SMILES string of the molecule is CCCCC(=O)N[C@@H](CNC(=O)C[C@H]1CC(c2ccc(C(=N)N)cc2)=NO1)C(=O)OC. The third kappa shape index (κ3) is 7.40. The van der Waals surface area contributed by atoms with E-state index in [2.05, 4.69) is 15.8 Å². The summed E-state index contributed by atoms with van der Waals surface area (Å²) in [6.07, 6.45) is 1.95. The highest BCUT2D eigenvalue weighted by Crippen LogP contribution is 2.19. The monoisotopic (exact) mass is 431 g/mol. The van der Waals surface area contributed by atoms with Crippen LogP contribution in [0, 0.1) is 5.41 Å². The number of unbranched alkanes of at least 4 members (excludes halogenated alkanes) is 1. The van der Waals surface area contributed by atoms with Crippen LogP contribution in [0.2, 0.25) is 0 Å². The van der Waals surface area contributed by atoms with Crippen LogP contribution in [-0.2, 0) is 24.0 Å². The maximum Gasteiger partial charge on any atom is 0.330 e. The largest absolute Gasteiger partial charge is 0.467 e. The van der Waals surface area contributed by atoms with Gasteiger partial charge in [0.1, 0.15) is 18.0 Å². The van der Waals surface area contributed by atoms with Crippen LogP contribution in [-0.4, -0.2) is 55.1 Å². The van der Waals surface area contributed by atoms with E-state index in [0.29, 0.717) is 30.5 Å². The molecule has 2 atom stereocenters. The number of hydrogen-bond acceptors (Lipinski definition) is 7. The van der Waals surface area contributed by atoms with Gasteiger partial charge in [-0.2, -0.15) is 0 Å². The molecule has 0 aromatic heterocycles. The number of amides is 2. The normalized spacial score (nSPS) is 15.9. The van der Waals surface area contributed by atoms with Gasteiger partial charge in [0.05, 0.1) is 19.2 Å². The molecule has 1 aliphatic heterocycles. The third-order valence-electron chi connectivity index (χ3n) is 4.76. The van der Waals surface area contributed by atoms with Gasteiger partial charge in [0, 0.05) is 24.9 Å². The Balaban J connectivity index is 1.81. The average Bonchev–Trinajstić information content (AvgIpc) is 3.22. The first-order valence-corrected chi connectivity index (χ1v) is 10.2. The minimum absolute atomic E-state index is 0.0162. The van der Waals surface area contributed by atoms with Gasteiger partial charge in [-0.15, -0.1) is 0 Å². The first-order valence-electron chi connectivity index (χ1n) is 10.2. The van der Waals surface area contributed by atoms with Gasteiger partial charge in [-0.3, -0.25) is 15.0 Å². The zero-order valence-corrected chi connectivity index (χ0v) is 17.8. The summed E-state index contributed by atoms with van der Waals surface area (Å²) in [6.45, 7) is 1.89. The van der Waals surface area contributed by atoms with Gasteiger partial charge in [-0.05, 0) is 12.0 Å². The Morgan fingerprint density at radius 1 is 1.29 bits per heavy atom. The van der Waals surface area contributed by atoms with Gasteiger partial charge in [0.25, 0.3) is 0 Å². The summed E-state index contributed by atoms with van der Waals surface area (Å²) in [4.78, 5) is 41.4. The molecule has 0 aliphatic carbocycles. The summed E-state index contributed by atoms with van der Waals surface area (Å²) in [6, 6.07) is 6.09. The van der Waals surface area contributed by atoms with Crippen molar-refractivity contribution in [3.05, 3.63) is 35.4 Å². The molecular formula is C21H29N5O5. The predicted octanol–water partition coefficient (Wildman–Crippen LogP) is 0.818. The summed E-state index contributed by atoms with van der Waals surface area (Å²) >= 11 is 0. The molecule has 168 valence electrons. The van der Waals surface area contributed by atoms with Crippen LogP contribution in [0.4, 0.5) is 0 Å². The maximum absolute atomic E-state index is 12.3. The number of rotatable bonds is 11. The molecule has 0 spiro atoms. The topological polar surface area (TPSA) is 156 Å². The number of nitrogens with zero attached hydrogens (tertiary/aromatic N) is 1. The fourth-order valence-electron chi connectivity index (χ4n) is 2.98. The summed E-state index contributed by atoms with van der Waals surface area (Å²) in [5.41, 5.74) is 7.59. The van der Waals surface area contributed by atoms with E-state index in [4.69, 9.17) is 20.7 Å². The molecular weight excluding hydrogens is 402 g/mol. The van der Waals surface area contributed by atoms with Gasteiger partial charge < -0.3 is 25.9 Å². The van der Waals surface area contributed by atoms with Crippen LogP contribution < -0.4 is 16.4 Å². The van der Waals surface area contributed by atoms with E-state index in [1.165, 1.54) is 7.11 Å². The number of benzene rings is 1. The number of ether oxygens (including phenoxy) is 1. The van der Waals surface area contributed by atoms with Crippen LogP contribution in [0.1, 0.15) is 50.2 Å². The molecule has 1 heterocycles. The number of esters is 1. The lowest BCUT2D eigenvalue weighted by Gasteiger charge is -2.17. The number of carbonyl (C=O) groups excluding carboxylic acids is 3. The molecule has 10 heteroatoms. The molecule has 2 rings (SSSR count). The summed E-state index contributed by atoms with van der Waals surface area (Å²) in [5.74, 6) is -1.23. The van der Waals surface area contributed by atoms with Crippen molar-refractivity contribution >= 4 is 29.3 Å². The second-order valence-corrected chi connectivity index (χ2v) is 7.22. The number of nitrogens with two attached hydrogens (primary N) is 1. The molecule has 0 unspecified atom stereocenters. The summed E-state index contributed by atoms with van der Waals surface area (Å²) in [5, 5.41) is 16.7. The molecule has 0 radical (unpaired) electrons. The standard InChI is InChI=1S/C21H29N5O5/c1-3-4-5-18(27)25-17(21(29)30-2)12-24-19(28)11-15-10-16(26-31-15)13-6-8-14(9-7-13)20(22)23/h6-9,15,17H,3-5,10-12H2,1-2H3,(H3,22,23)(H,24,28)(H,25,27)/t15-,17+/m1/s1. The van der Waals surface area contributed by atoms with Crippen LogP contribution >= 0.6 is 0 Å². The fourth-order valence-corrected chi connectivity index (χ4v) is 2.98. The van der Waals surface area contributed by atoms with Crippen molar-refractivity contribution in [3.8, 4) is 0 Å². The highest BCUT2D eigenvalue weighted by atomic mass is 16.6. The molecule has 10 nitrogen and oxygen atoms in total. The van der Waals surface area contributed by atoms with E-state index in [1.54, 1.807) is 24.3 Å². The molecule has 0 saturated heterocycles. The number of nitrogens with one attached hydrogen (secondary N) is 3. The van der Waals surface area contributed by atoms with Crippen molar-refractivity contribution in [3.63, 3.8) is 0 Å². The second kappa shape index (κ2) is 11.7. The first-order chi connectivity index (χ1) is 14.8. The minimum Gasteiger partial charge on any atom is -0.467 e. The molecule has 1 aromatic carbocycles. The van der Waals surface area contributed by atoms with E-state index in [0.717, 1.165) is 12.0 Å². The Kier molecular flexibility index (Phi) is 8.98. The Morgan fingerprint density at radius 3 is 2.61 bits per heavy atom. The number of amidine groups is 1. The minimum atomic E-state index is -0.950. The van der Waals surface area contributed by atoms with E-state index >= 15 is 0 Å². The van der Waals surface area contributed by atoms with E-state index in [-0.39, 0.29) is 30.6 Å². The Labute approximate surface area is 181 Å². The number of carbonyl (C=O) groups is 3. The number of nitrogen functional groups attached to an aromatic ring is 1. The van der Waals surface area contributed by atoms with Crippen molar-refractivity contribution in [2.75, 3.05) is 13.7 Å². The molecule has 0 bridgehead atoms. The van der Waals surface area contributed by atoms with Gasteiger partial charge in [0.15, 0.2) is 0 Å². The lowest BCUT2D eigenvalue weighted by atomic mass is 10.0. The van der Waals surface area contributed by atoms with Crippen LogP contribution in [0.15, 0.2) is 29.4 Å². The average molecular weight is 431 g/mol. The second-order valence-electron chi connectivity index (χ2n) is 7.22. The van der Waals surface area contributed by atoms with Crippen molar-refractivity contribution in [2.24, 2.45) is 10.9 Å². The highest BCUT2D eigenvalue weighted by molar-refractivity contribution is 6.02. The fraction of sp³-hybridized carbons (Fsp3) is 0.476. The smallest absolute Gasteiger partial charge is 0.330 e. The zero-order chi connectivity index (χ0) is 22.8. The number of oxime groups is 1. The third-order valence-corrected chi connectivity index (χ3v) is 4.76. The molecule has 5 N–H and O–H groups in total. The highest BCUT2D eigenvalue weighted by Gasteiger charge is 2.26. The predicted molar refractivity (Wildman–Crippen MR) is 115 cm³/mol. The number of hydrogen-bond donors (Lipinski definition) is 4. The quantitative estimate of drug-likeness (QED) is 0.231. The van der Waals surface area contributed by atoms with Crippen LogP contribution in [0.5, 0.6) is 0 Å².